The summed E-state index contributed by atoms with van der Waals surface area (Å²) in [5.41, 5.74) is 0.785. The first-order valence-electron chi connectivity index (χ1n) is 5.72. The molecule has 0 aromatic heterocycles. The van der Waals surface area contributed by atoms with Gasteiger partial charge < -0.3 is 9.47 Å². The van der Waals surface area contributed by atoms with Crippen molar-refractivity contribution in [2.75, 3.05) is 13.7 Å². The zero-order valence-electron chi connectivity index (χ0n) is 9.95. The van der Waals surface area contributed by atoms with E-state index in [1.165, 1.54) is 13.2 Å². The van der Waals surface area contributed by atoms with Crippen LogP contribution in [0, 0.1) is 11.7 Å². The molecule has 0 saturated carbocycles. The maximum absolute atomic E-state index is 13.6. The van der Waals surface area contributed by atoms with Crippen molar-refractivity contribution in [2.45, 2.75) is 24.8 Å². The molecular weight excluding hydrogens is 243 g/mol. The number of rotatable bonds is 3. The van der Waals surface area contributed by atoms with Gasteiger partial charge in [0.05, 0.1) is 18.6 Å². The van der Waals surface area contributed by atoms with Crippen LogP contribution in [0.2, 0.25) is 0 Å². The SMILES string of the molecule is COc1ccc(C(Cl)C2CCOC2C)cc1F. The summed E-state index contributed by atoms with van der Waals surface area (Å²) in [5, 5.41) is -0.215. The minimum atomic E-state index is -0.373. The molecule has 1 heterocycles. The summed E-state index contributed by atoms with van der Waals surface area (Å²) in [6.07, 6.45) is 1.05. The zero-order valence-corrected chi connectivity index (χ0v) is 10.7. The molecule has 4 heteroatoms. The average Bonchev–Trinajstić information content (AvgIpc) is 2.74. The van der Waals surface area contributed by atoms with Crippen LogP contribution in [0.5, 0.6) is 5.75 Å². The molecule has 1 fully saturated rings. The Balaban J connectivity index is 2.19. The minimum absolute atomic E-state index is 0.127. The molecule has 0 amide bonds. The van der Waals surface area contributed by atoms with Gasteiger partial charge in [0.15, 0.2) is 11.6 Å². The van der Waals surface area contributed by atoms with Gasteiger partial charge in [-0.15, -0.1) is 11.6 Å². The van der Waals surface area contributed by atoms with Crippen LogP contribution in [0.15, 0.2) is 18.2 Å². The summed E-state index contributed by atoms with van der Waals surface area (Å²) in [6.45, 7) is 2.74. The molecule has 3 unspecified atom stereocenters. The van der Waals surface area contributed by atoms with E-state index in [1.807, 2.05) is 13.0 Å². The summed E-state index contributed by atoms with van der Waals surface area (Å²) in [6, 6.07) is 4.87. The zero-order chi connectivity index (χ0) is 12.4. The Hall–Kier alpha value is -0.800. The van der Waals surface area contributed by atoms with Crippen LogP contribution in [0.3, 0.4) is 0 Å². The Morgan fingerprint density at radius 3 is 2.82 bits per heavy atom. The first-order chi connectivity index (χ1) is 8.13. The molecule has 0 N–H and O–H groups in total. The van der Waals surface area contributed by atoms with Gasteiger partial charge in [-0.05, 0) is 31.0 Å². The largest absolute Gasteiger partial charge is 0.494 e. The normalized spacial score (nSPS) is 25.9. The van der Waals surface area contributed by atoms with Crippen molar-refractivity contribution in [3.63, 3.8) is 0 Å². The maximum Gasteiger partial charge on any atom is 0.165 e. The molecule has 3 atom stereocenters. The second-order valence-corrected chi connectivity index (χ2v) is 4.79. The second kappa shape index (κ2) is 5.23. The van der Waals surface area contributed by atoms with Crippen molar-refractivity contribution < 1.29 is 13.9 Å². The third-order valence-electron chi connectivity index (χ3n) is 3.31. The van der Waals surface area contributed by atoms with E-state index in [9.17, 15) is 4.39 Å². The third kappa shape index (κ3) is 2.55. The molecule has 17 heavy (non-hydrogen) atoms. The van der Waals surface area contributed by atoms with E-state index in [0.29, 0.717) is 0 Å². The van der Waals surface area contributed by atoms with Crippen molar-refractivity contribution in [3.05, 3.63) is 29.6 Å². The van der Waals surface area contributed by atoms with E-state index < -0.39 is 0 Å². The Morgan fingerprint density at radius 1 is 1.53 bits per heavy atom. The van der Waals surface area contributed by atoms with Crippen LogP contribution in [-0.4, -0.2) is 19.8 Å². The van der Waals surface area contributed by atoms with Crippen molar-refractivity contribution >= 4 is 11.6 Å². The predicted molar refractivity (Wildman–Crippen MR) is 65.1 cm³/mol. The highest BCUT2D eigenvalue weighted by atomic mass is 35.5. The quantitative estimate of drug-likeness (QED) is 0.772. The highest BCUT2D eigenvalue weighted by Crippen LogP contribution is 2.38. The maximum atomic E-state index is 13.6. The minimum Gasteiger partial charge on any atom is -0.494 e. The fraction of sp³-hybridized carbons (Fsp3) is 0.538. The van der Waals surface area contributed by atoms with E-state index in [1.54, 1.807) is 6.07 Å². The molecule has 0 spiro atoms. The molecule has 94 valence electrons. The summed E-state index contributed by atoms with van der Waals surface area (Å²) in [7, 11) is 1.45. The van der Waals surface area contributed by atoms with E-state index >= 15 is 0 Å². The Morgan fingerprint density at radius 2 is 2.29 bits per heavy atom. The van der Waals surface area contributed by atoms with Gasteiger partial charge in [-0.2, -0.15) is 0 Å². The molecule has 1 aliphatic heterocycles. The van der Waals surface area contributed by atoms with Gasteiger partial charge in [0.25, 0.3) is 0 Å². The Kier molecular flexibility index (Phi) is 3.89. The monoisotopic (exact) mass is 258 g/mol. The molecular formula is C13H16ClFO2. The van der Waals surface area contributed by atoms with E-state index in [4.69, 9.17) is 21.1 Å². The number of halogens is 2. The molecule has 0 radical (unpaired) electrons. The lowest BCUT2D eigenvalue weighted by molar-refractivity contribution is 0.105. The predicted octanol–water partition coefficient (Wildman–Crippen LogP) is 3.54. The number of ether oxygens (including phenoxy) is 2. The van der Waals surface area contributed by atoms with Crippen LogP contribution >= 0.6 is 11.6 Å². The molecule has 1 aliphatic rings. The van der Waals surface area contributed by atoms with Gasteiger partial charge in [0.1, 0.15) is 0 Å². The highest BCUT2D eigenvalue weighted by Gasteiger charge is 2.31. The molecule has 0 aliphatic carbocycles. The summed E-state index contributed by atoms with van der Waals surface area (Å²) >= 11 is 6.39. The van der Waals surface area contributed by atoms with Crippen LogP contribution in [-0.2, 0) is 4.74 Å². The lowest BCUT2D eigenvalue weighted by Crippen LogP contribution is -2.16. The standard InChI is InChI=1S/C13H16ClFO2/c1-8-10(5-6-17-8)13(14)9-3-4-12(16-2)11(15)7-9/h3-4,7-8,10,13H,5-6H2,1-2H3. The van der Waals surface area contributed by atoms with Crippen LogP contribution in [0.1, 0.15) is 24.3 Å². The molecule has 2 nitrogen and oxygen atoms in total. The lowest BCUT2D eigenvalue weighted by atomic mass is 9.93. The van der Waals surface area contributed by atoms with E-state index in [2.05, 4.69) is 0 Å². The number of alkyl halides is 1. The molecule has 2 rings (SSSR count). The van der Waals surface area contributed by atoms with Crippen molar-refractivity contribution in [1.82, 2.24) is 0 Å². The van der Waals surface area contributed by atoms with Gasteiger partial charge in [-0.3, -0.25) is 0 Å². The topological polar surface area (TPSA) is 18.5 Å². The van der Waals surface area contributed by atoms with Gasteiger partial charge in [-0.1, -0.05) is 6.07 Å². The Labute approximate surface area is 106 Å². The summed E-state index contributed by atoms with van der Waals surface area (Å²) in [5.74, 6) is 0.111. The fourth-order valence-electron chi connectivity index (χ4n) is 2.23. The lowest BCUT2D eigenvalue weighted by Gasteiger charge is -2.20. The fourth-order valence-corrected chi connectivity index (χ4v) is 2.70. The molecule has 0 bridgehead atoms. The average molecular weight is 259 g/mol. The number of methoxy groups -OCH3 is 1. The number of hydrogen-bond acceptors (Lipinski definition) is 2. The highest BCUT2D eigenvalue weighted by molar-refractivity contribution is 6.21. The number of hydrogen-bond donors (Lipinski definition) is 0. The third-order valence-corrected chi connectivity index (χ3v) is 3.88. The van der Waals surface area contributed by atoms with Crippen LogP contribution < -0.4 is 4.74 Å². The molecule has 1 saturated heterocycles. The van der Waals surface area contributed by atoms with E-state index in [0.717, 1.165) is 18.6 Å². The molecule has 1 aromatic carbocycles. The van der Waals surface area contributed by atoms with Gasteiger partial charge in [-0.25, -0.2) is 4.39 Å². The number of benzene rings is 1. The summed E-state index contributed by atoms with van der Waals surface area (Å²) in [4.78, 5) is 0. The van der Waals surface area contributed by atoms with Crippen LogP contribution in [0.25, 0.3) is 0 Å². The smallest absolute Gasteiger partial charge is 0.165 e. The van der Waals surface area contributed by atoms with Crippen molar-refractivity contribution in [2.24, 2.45) is 5.92 Å². The van der Waals surface area contributed by atoms with Crippen LogP contribution in [0.4, 0.5) is 4.39 Å². The first-order valence-corrected chi connectivity index (χ1v) is 6.16. The van der Waals surface area contributed by atoms with Gasteiger partial charge >= 0.3 is 0 Å². The van der Waals surface area contributed by atoms with Gasteiger partial charge in [0, 0.05) is 12.5 Å². The Bertz CT molecular complexity index is 397. The summed E-state index contributed by atoms with van der Waals surface area (Å²) < 4.78 is 23.9. The van der Waals surface area contributed by atoms with E-state index in [-0.39, 0.29) is 29.0 Å². The van der Waals surface area contributed by atoms with Crippen molar-refractivity contribution in [3.8, 4) is 5.75 Å². The molecule has 1 aromatic rings. The van der Waals surface area contributed by atoms with Crippen molar-refractivity contribution in [1.29, 1.82) is 0 Å². The second-order valence-electron chi connectivity index (χ2n) is 4.32. The van der Waals surface area contributed by atoms with Gasteiger partial charge in [0.2, 0.25) is 0 Å². The first kappa shape index (κ1) is 12.7.